The molecule has 0 aromatic carbocycles. The molecule has 6 nitrogen and oxygen atoms in total. The first-order valence-corrected chi connectivity index (χ1v) is 10.9. The van der Waals surface area contributed by atoms with Crippen molar-refractivity contribution in [2.75, 3.05) is 0 Å². The van der Waals surface area contributed by atoms with E-state index in [9.17, 15) is 26.8 Å². The van der Waals surface area contributed by atoms with Crippen LogP contribution in [-0.4, -0.2) is 36.1 Å². The summed E-state index contributed by atoms with van der Waals surface area (Å²) >= 11 is 0. The number of carbonyl (C=O) groups excluding carboxylic acids is 2. The SMILES string of the molecule is C=C(C)C(=O)CC12CC3CC(C1)CC(C(=O)OC(C)C(F)(F)S(=O)(=O)O)(C3)C2. The Kier molecular flexibility index (Phi) is 5.02. The molecule has 0 aromatic heterocycles. The fourth-order valence-corrected chi connectivity index (χ4v) is 6.42. The van der Waals surface area contributed by atoms with Gasteiger partial charge in [0.05, 0.1) is 5.41 Å². The largest absolute Gasteiger partial charge is 0.454 e. The maximum absolute atomic E-state index is 13.8. The van der Waals surface area contributed by atoms with Crippen molar-refractivity contribution in [1.82, 2.24) is 0 Å². The highest BCUT2D eigenvalue weighted by molar-refractivity contribution is 7.86. The van der Waals surface area contributed by atoms with Crippen LogP contribution in [-0.2, 0) is 24.4 Å². The average molecular weight is 420 g/mol. The van der Waals surface area contributed by atoms with Crippen LogP contribution >= 0.6 is 0 Å². The standard InChI is InChI=1S/C19H26F2O6S/c1-11(2)15(22)9-17-5-13-4-14(6-17)8-18(7-13,10-17)16(23)27-12(3)19(20,21)28(24,25)26/h12-14H,1,4-10H2,2-3H3,(H,24,25,26). The number of allylic oxidation sites excluding steroid dienone is 1. The highest BCUT2D eigenvalue weighted by Gasteiger charge is 2.62. The predicted octanol–water partition coefficient (Wildman–Crippen LogP) is 3.52. The lowest BCUT2D eigenvalue weighted by Crippen LogP contribution is -2.57. The van der Waals surface area contributed by atoms with Crippen molar-refractivity contribution < 1.29 is 36.1 Å². The molecule has 0 spiro atoms. The zero-order valence-corrected chi connectivity index (χ0v) is 16.9. The van der Waals surface area contributed by atoms with Crippen LogP contribution in [0.15, 0.2) is 12.2 Å². The van der Waals surface area contributed by atoms with Gasteiger partial charge in [0.1, 0.15) is 0 Å². The van der Waals surface area contributed by atoms with Gasteiger partial charge in [0.25, 0.3) is 0 Å². The van der Waals surface area contributed by atoms with E-state index in [-0.39, 0.29) is 29.5 Å². The van der Waals surface area contributed by atoms with Crippen molar-refractivity contribution >= 4 is 21.9 Å². The van der Waals surface area contributed by atoms with E-state index in [1.165, 1.54) is 0 Å². The number of alkyl halides is 2. The summed E-state index contributed by atoms with van der Waals surface area (Å²) < 4.78 is 63.1. The molecule has 0 saturated heterocycles. The monoisotopic (exact) mass is 420 g/mol. The van der Waals surface area contributed by atoms with Crippen LogP contribution in [0.2, 0.25) is 0 Å². The van der Waals surface area contributed by atoms with Gasteiger partial charge in [0.2, 0.25) is 0 Å². The van der Waals surface area contributed by atoms with Crippen LogP contribution in [0, 0.1) is 22.7 Å². The van der Waals surface area contributed by atoms with Crippen LogP contribution in [0.3, 0.4) is 0 Å². The normalized spacial score (nSPS) is 35.5. The molecule has 9 heteroatoms. The third-order valence-corrected chi connectivity index (χ3v) is 7.75. The smallest absolute Gasteiger partial charge is 0.405 e. The van der Waals surface area contributed by atoms with Crippen molar-refractivity contribution in [3.8, 4) is 0 Å². The van der Waals surface area contributed by atoms with Crippen LogP contribution in [0.25, 0.3) is 0 Å². The molecule has 0 amide bonds. The Hall–Kier alpha value is -1.35. The molecule has 3 atom stereocenters. The minimum Gasteiger partial charge on any atom is -0.454 e. The van der Waals surface area contributed by atoms with Crippen molar-refractivity contribution in [1.29, 1.82) is 0 Å². The molecule has 3 unspecified atom stereocenters. The molecule has 4 saturated carbocycles. The summed E-state index contributed by atoms with van der Waals surface area (Å²) in [5, 5.41) is -4.58. The van der Waals surface area contributed by atoms with Crippen molar-refractivity contribution in [2.45, 2.75) is 70.2 Å². The Labute approximate surface area is 163 Å². The summed E-state index contributed by atoms with van der Waals surface area (Å²) in [7, 11) is -5.71. The van der Waals surface area contributed by atoms with Gasteiger partial charge in [-0.15, -0.1) is 0 Å². The van der Waals surface area contributed by atoms with E-state index in [0.29, 0.717) is 24.8 Å². The lowest BCUT2D eigenvalue weighted by Gasteiger charge is -2.61. The number of ether oxygens (including phenoxy) is 1. The summed E-state index contributed by atoms with van der Waals surface area (Å²) in [6, 6.07) is 0. The van der Waals surface area contributed by atoms with E-state index in [1.54, 1.807) is 6.92 Å². The topological polar surface area (TPSA) is 97.7 Å². The molecule has 4 bridgehead atoms. The number of Topliss-reactive ketones (excluding diaryl/α,β-unsaturated/α-hetero) is 1. The molecule has 4 aliphatic rings. The van der Waals surface area contributed by atoms with E-state index in [0.717, 1.165) is 26.2 Å². The Morgan fingerprint density at radius 2 is 1.79 bits per heavy atom. The summed E-state index contributed by atoms with van der Waals surface area (Å²) in [5.41, 5.74) is -0.898. The molecule has 4 aliphatic carbocycles. The lowest BCUT2D eigenvalue weighted by atomic mass is 9.43. The van der Waals surface area contributed by atoms with Crippen LogP contribution in [0.1, 0.15) is 58.8 Å². The quantitative estimate of drug-likeness (QED) is 0.384. The molecule has 0 radical (unpaired) electrons. The van der Waals surface area contributed by atoms with Gasteiger partial charge in [-0.2, -0.15) is 17.2 Å². The molecular weight excluding hydrogens is 394 g/mol. The molecule has 0 heterocycles. The third-order valence-electron chi connectivity index (χ3n) is 6.73. The number of esters is 1. The highest BCUT2D eigenvalue weighted by Crippen LogP contribution is 2.66. The van der Waals surface area contributed by atoms with Gasteiger partial charge in [-0.1, -0.05) is 6.58 Å². The van der Waals surface area contributed by atoms with E-state index in [4.69, 9.17) is 9.29 Å². The number of rotatable bonds is 7. The third kappa shape index (κ3) is 3.51. The van der Waals surface area contributed by atoms with Gasteiger partial charge >= 0.3 is 21.3 Å². The maximum Gasteiger partial charge on any atom is 0.405 e. The Morgan fingerprint density at radius 3 is 2.25 bits per heavy atom. The zero-order valence-electron chi connectivity index (χ0n) is 16.0. The molecule has 0 aromatic rings. The fourth-order valence-electron chi connectivity index (χ4n) is 5.95. The number of halogens is 2. The number of hydrogen-bond donors (Lipinski definition) is 1. The minimum absolute atomic E-state index is 0.0586. The number of carbonyl (C=O) groups is 2. The van der Waals surface area contributed by atoms with Gasteiger partial charge in [-0.3, -0.25) is 14.1 Å². The predicted molar refractivity (Wildman–Crippen MR) is 96.0 cm³/mol. The molecule has 28 heavy (non-hydrogen) atoms. The molecule has 4 fully saturated rings. The Bertz CT molecular complexity index is 804. The summed E-state index contributed by atoms with van der Waals surface area (Å²) in [6.07, 6.45) is 1.90. The second-order valence-corrected chi connectivity index (χ2v) is 10.7. The van der Waals surface area contributed by atoms with Crippen molar-refractivity contribution in [2.24, 2.45) is 22.7 Å². The fraction of sp³-hybridized carbons (Fsp3) is 0.789. The van der Waals surface area contributed by atoms with Gasteiger partial charge < -0.3 is 4.74 Å². The summed E-state index contributed by atoms with van der Waals surface area (Å²) in [6.45, 7) is 6.09. The van der Waals surface area contributed by atoms with Crippen LogP contribution < -0.4 is 0 Å². The Morgan fingerprint density at radius 1 is 1.25 bits per heavy atom. The van der Waals surface area contributed by atoms with E-state index >= 15 is 0 Å². The lowest BCUT2D eigenvalue weighted by molar-refractivity contribution is -0.194. The Balaban J connectivity index is 1.82. The van der Waals surface area contributed by atoms with Crippen molar-refractivity contribution in [3.63, 3.8) is 0 Å². The van der Waals surface area contributed by atoms with Gasteiger partial charge in [0.15, 0.2) is 11.9 Å². The maximum atomic E-state index is 13.8. The van der Waals surface area contributed by atoms with Crippen LogP contribution in [0.5, 0.6) is 0 Å². The second kappa shape index (κ2) is 6.58. The van der Waals surface area contributed by atoms with E-state index in [2.05, 4.69) is 6.58 Å². The molecule has 1 N–H and O–H groups in total. The number of ketones is 1. The molecule has 0 aliphatic heterocycles. The van der Waals surface area contributed by atoms with E-state index < -0.39 is 32.9 Å². The second-order valence-electron chi connectivity index (χ2n) is 9.21. The first kappa shape index (κ1) is 21.4. The van der Waals surface area contributed by atoms with Crippen molar-refractivity contribution in [3.05, 3.63) is 12.2 Å². The zero-order chi connectivity index (χ0) is 21.1. The summed E-state index contributed by atoms with van der Waals surface area (Å²) in [4.78, 5) is 25.2. The van der Waals surface area contributed by atoms with E-state index in [1.807, 2.05) is 0 Å². The minimum atomic E-state index is -5.71. The molecule has 4 rings (SSSR count). The van der Waals surface area contributed by atoms with Crippen LogP contribution in [0.4, 0.5) is 8.78 Å². The first-order chi connectivity index (χ1) is 12.7. The summed E-state index contributed by atoms with van der Waals surface area (Å²) in [5.74, 6) is -0.491. The average Bonchev–Trinajstić information content (AvgIpc) is 2.51. The number of hydrogen-bond acceptors (Lipinski definition) is 5. The molecule has 158 valence electrons. The van der Waals surface area contributed by atoms with Gasteiger partial charge in [-0.25, -0.2) is 0 Å². The molecular formula is C19H26F2O6S. The highest BCUT2D eigenvalue weighted by atomic mass is 32.2. The van der Waals surface area contributed by atoms with Gasteiger partial charge in [0, 0.05) is 6.42 Å². The van der Waals surface area contributed by atoms with Gasteiger partial charge in [-0.05, 0) is 75.2 Å². The first-order valence-electron chi connectivity index (χ1n) is 9.44.